The highest BCUT2D eigenvalue weighted by molar-refractivity contribution is 5.49. The summed E-state index contributed by atoms with van der Waals surface area (Å²) in [6, 6.07) is 8.91. The molecule has 21 heavy (non-hydrogen) atoms. The molecule has 0 amide bonds. The zero-order chi connectivity index (χ0) is 15.2. The van der Waals surface area contributed by atoms with Gasteiger partial charge in [0.15, 0.2) is 0 Å². The van der Waals surface area contributed by atoms with E-state index in [4.69, 9.17) is 0 Å². The molecule has 0 saturated heterocycles. The molecule has 1 N–H and O–H groups in total. The normalized spacial score (nSPS) is 10.5. The van der Waals surface area contributed by atoms with Gasteiger partial charge < -0.3 is 10.2 Å². The summed E-state index contributed by atoms with van der Waals surface area (Å²) in [5.74, 6) is 0.796. The van der Waals surface area contributed by atoms with E-state index in [1.54, 1.807) is 6.07 Å². The molecule has 1 aromatic carbocycles. The van der Waals surface area contributed by atoms with Crippen molar-refractivity contribution < 1.29 is 4.39 Å². The smallest absolute Gasteiger partial charge is 0.128 e. The molecule has 0 aliphatic rings. The van der Waals surface area contributed by atoms with E-state index < -0.39 is 0 Å². The lowest BCUT2D eigenvalue weighted by atomic mass is 10.1. The standard InChI is InChI=1S/C17H22FN3/c1-4-21(5-2)17-9-8-16(12-20-17)19-11-14-6-7-15(18)10-13(14)3/h6-10,12,19H,4-5,11H2,1-3H3. The van der Waals surface area contributed by atoms with Gasteiger partial charge in [-0.3, -0.25) is 0 Å². The maximum atomic E-state index is 13.1. The largest absolute Gasteiger partial charge is 0.380 e. The van der Waals surface area contributed by atoms with Crippen molar-refractivity contribution in [2.24, 2.45) is 0 Å². The van der Waals surface area contributed by atoms with Gasteiger partial charge in [-0.05, 0) is 56.2 Å². The summed E-state index contributed by atoms with van der Waals surface area (Å²) in [5, 5.41) is 3.32. The first kappa shape index (κ1) is 15.3. The average molecular weight is 287 g/mol. The highest BCUT2D eigenvalue weighted by Crippen LogP contribution is 2.16. The zero-order valence-electron chi connectivity index (χ0n) is 12.9. The predicted octanol–water partition coefficient (Wildman–Crippen LogP) is 3.99. The first-order chi connectivity index (χ1) is 10.1. The van der Waals surface area contributed by atoms with Crippen LogP contribution >= 0.6 is 0 Å². The molecule has 0 fully saturated rings. The van der Waals surface area contributed by atoms with Gasteiger partial charge in [0.1, 0.15) is 11.6 Å². The van der Waals surface area contributed by atoms with Gasteiger partial charge in [0.2, 0.25) is 0 Å². The molecule has 1 aromatic heterocycles. The van der Waals surface area contributed by atoms with Crippen LogP contribution in [0.1, 0.15) is 25.0 Å². The van der Waals surface area contributed by atoms with E-state index in [0.717, 1.165) is 35.7 Å². The fourth-order valence-corrected chi connectivity index (χ4v) is 2.28. The molecule has 0 aliphatic heterocycles. The number of rotatable bonds is 6. The number of aryl methyl sites for hydroxylation is 1. The van der Waals surface area contributed by atoms with Crippen molar-refractivity contribution in [3.63, 3.8) is 0 Å². The summed E-state index contributed by atoms with van der Waals surface area (Å²) in [6.45, 7) is 8.72. The van der Waals surface area contributed by atoms with Gasteiger partial charge in [0.05, 0.1) is 11.9 Å². The minimum absolute atomic E-state index is 0.193. The predicted molar refractivity (Wildman–Crippen MR) is 86.3 cm³/mol. The maximum absolute atomic E-state index is 13.1. The molecule has 1 heterocycles. The Bertz CT molecular complexity index is 577. The lowest BCUT2D eigenvalue weighted by Crippen LogP contribution is -2.22. The minimum Gasteiger partial charge on any atom is -0.380 e. The van der Waals surface area contributed by atoms with Crippen LogP contribution in [0.3, 0.4) is 0 Å². The molecule has 0 unspecified atom stereocenters. The van der Waals surface area contributed by atoms with E-state index in [0.29, 0.717) is 6.54 Å². The van der Waals surface area contributed by atoms with Crippen LogP contribution in [0.5, 0.6) is 0 Å². The molecule has 2 aromatic rings. The molecule has 4 heteroatoms. The van der Waals surface area contributed by atoms with Crippen LogP contribution in [0.15, 0.2) is 36.5 Å². The van der Waals surface area contributed by atoms with Gasteiger partial charge in [0.25, 0.3) is 0 Å². The third kappa shape index (κ3) is 3.94. The van der Waals surface area contributed by atoms with Gasteiger partial charge in [-0.25, -0.2) is 9.37 Å². The Morgan fingerprint density at radius 3 is 2.48 bits per heavy atom. The van der Waals surface area contributed by atoms with Crippen LogP contribution in [0.4, 0.5) is 15.9 Å². The Morgan fingerprint density at radius 2 is 1.90 bits per heavy atom. The third-order valence-electron chi connectivity index (χ3n) is 3.62. The van der Waals surface area contributed by atoms with Crippen molar-refractivity contribution >= 4 is 11.5 Å². The molecule has 0 bridgehead atoms. The van der Waals surface area contributed by atoms with Crippen molar-refractivity contribution in [2.75, 3.05) is 23.3 Å². The average Bonchev–Trinajstić information content (AvgIpc) is 2.49. The quantitative estimate of drug-likeness (QED) is 0.870. The molecular formula is C17H22FN3. The van der Waals surface area contributed by atoms with E-state index >= 15 is 0 Å². The third-order valence-corrected chi connectivity index (χ3v) is 3.62. The Balaban J connectivity index is 2.00. The number of anilines is 2. The van der Waals surface area contributed by atoms with Crippen molar-refractivity contribution in [3.8, 4) is 0 Å². The van der Waals surface area contributed by atoms with Gasteiger partial charge in [-0.1, -0.05) is 6.07 Å². The Kier molecular flexibility index (Phi) is 5.14. The number of nitrogens with zero attached hydrogens (tertiary/aromatic N) is 2. The zero-order valence-corrected chi connectivity index (χ0v) is 12.9. The van der Waals surface area contributed by atoms with Crippen molar-refractivity contribution in [2.45, 2.75) is 27.3 Å². The molecular weight excluding hydrogens is 265 g/mol. The van der Waals surface area contributed by atoms with Crippen LogP contribution in [-0.4, -0.2) is 18.1 Å². The molecule has 0 radical (unpaired) electrons. The fourth-order valence-electron chi connectivity index (χ4n) is 2.28. The van der Waals surface area contributed by atoms with Gasteiger partial charge in [0, 0.05) is 19.6 Å². The lowest BCUT2D eigenvalue weighted by molar-refractivity contribution is 0.625. The number of nitrogens with one attached hydrogen (secondary N) is 1. The molecule has 0 atom stereocenters. The summed E-state index contributed by atoms with van der Waals surface area (Å²) in [4.78, 5) is 6.68. The highest BCUT2D eigenvalue weighted by Gasteiger charge is 2.04. The number of hydrogen-bond acceptors (Lipinski definition) is 3. The van der Waals surface area contributed by atoms with E-state index in [9.17, 15) is 4.39 Å². The minimum atomic E-state index is -0.193. The molecule has 2 rings (SSSR count). The molecule has 0 saturated carbocycles. The van der Waals surface area contributed by atoms with Crippen LogP contribution in [-0.2, 0) is 6.54 Å². The van der Waals surface area contributed by atoms with Crippen LogP contribution in [0.2, 0.25) is 0 Å². The lowest BCUT2D eigenvalue weighted by Gasteiger charge is -2.19. The second-order valence-electron chi connectivity index (χ2n) is 5.00. The Morgan fingerprint density at radius 1 is 1.14 bits per heavy atom. The van der Waals surface area contributed by atoms with Gasteiger partial charge in [-0.2, -0.15) is 0 Å². The first-order valence-corrected chi connectivity index (χ1v) is 7.34. The number of halogens is 1. The first-order valence-electron chi connectivity index (χ1n) is 7.34. The van der Waals surface area contributed by atoms with Gasteiger partial charge >= 0.3 is 0 Å². The summed E-state index contributed by atoms with van der Waals surface area (Å²) in [7, 11) is 0. The molecule has 112 valence electrons. The van der Waals surface area contributed by atoms with Crippen LogP contribution in [0.25, 0.3) is 0 Å². The van der Waals surface area contributed by atoms with E-state index in [1.807, 2.05) is 31.3 Å². The molecule has 0 aliphatic carbocycles. The van der Waals surface area contributed by atoms with E-state index in [1.165, 1.54) is 6.07 Å². The van der Waals surface area contributed by atoms with Crippen molar-refractivity contribution in [3.05, 3.63) is 53.5 Å². The van der Waals surface area contributed by atoms with Crippen LogP contribution < -0.4 is 10.2 Å². The van der Waals surface area contributed by atoms with Crippen LogP contribution in [0, 0.1) is 12.7 Å². The van der Waals surface area contributed by atoms with Crippen molar-refractivity contribution in [1.29, 1.82) is 0 Å². The summed E-state index contributed by atoms with van der Waals surface area (Å²) < 4.78 is 13.1. The maximum Gasteiger partial charge on any atom is 0.128 e. The summed E-state index contributed by atoms with van der Waals surface area (Å²) in [6.07, 6.45) is 1.84. The number of hydrogen-bond donors (Lipinski definition) is 1. The monoisotopic (exact) mass is 287 g/mol. The number of pyridine rings is 1. The fraction of sp³-hybridized carbons (Fsp3) is 0.353. The highest BCUT2D eigenvalue weighted by atomic mass is 19.1. The summed E-state index contributed by atoms with van der Waals surface area (Å²) >= 11 is 0. The second-order valence-corrected chi connectivity index (χ2v) is 5.00. The van der Waals surface area contributed by atoms with Gasteiger partial charge in [-0.15, -0.1) is 0 Å². The SMILES string of the molecule is CCN(CC)c1ccc(NCc2ccc(F)cc2C)cn1. The van der Waals surface area contributed by atoms with E-state index in [2.05, 4.69) is 29.0 Å². The number of benzene rings is 1. The van der Waals surface area contributed by atoms with Crippen molar-refractivity contribution in [1.82, 2.24) is 4.98 Å². The number of aromatic nitrogens is 1. The molecule has 3 nitrogen and oxygen atoms in total. The Labute approximate surface area is 125 Å². The van der Waals surface area contributed by atoms with E-state index in [-0.39, 0.29) is 5.82 Å². The molecule has 0 spiro atoms. The second kappa shape index (κ2) is 7.07. The topological polar surface area (TPSA) is 28.2 Å². The summed E-state index contributed by atoms with van der Waals surface area (Å²) in [5.41, 5.74) is 3.01. The Hall–Kier alpha value is -2.10.